The lowest BCUT2D eigenvalue weighted by molar-refractivity contribution is 0.667. The van der Waals surface area contributed by atoms with Crippen LogP contribution in [0.25, 0.3) is 77.7 Å². The van der Waals surface area contributed by atoms with Crippen molar-refractivity contribution in [2.45, 2.75) is 19.0 Å². The third kappa shape index (κ3) is 5.11. The van der Waals surface area contributed by atoms with Crippen LogP contribution in [-0.4, -0.2) is 16.2 Å². The molecule has 4 heterocycles. The summed E-state index contributed by atoms with van der Waals surface area (Å²) < 4.78 is 15.6. The first-order valence-corrected chi connectivity index (χ1v) is 19.5. The van der Waals surface area contributed by atoms with Crippen LogP contribution in [0.15, 0.2) is 183 Å². The molecule has 10 aromatic rings. The van der Waals surface area contributed by atoms with Crippen molar-refractivity contribution >= 4 is 72.5 Å². The van der Waals surface area contributed by atoms with Gasteiger partial charge in [-0.25, -0.2) is 9.98 Å². The van der Waals surface area contributed by atoms with E-state index < -0.39 is 0 Å². The number of aliphatic imine (C=N–C) groups is 2. The Bertz CT molecular complexity index is 3330. The summed E-state index contributed by atoms with van der Waals surface area (Å²) in [5, 5.41) is 9.08. The summed E-state index contributed by atoms with van der Waals surface area (Å²) in [6, 6.07) is 54.9. The molecule has 57 heavy (non-hydrogen) atoms. The molecule has 0 saturated carbocycles. The van der Waals surface area contributed by atoms with E-state index in [-0.39, 0.29) is 6.17 Å². The summed E-state index contributed by atoms with van der Waals surface area (Å²) in [4.78, 5) is 10.2. The molecule has 1 unspecified atom stereocenters. The Labute approximate surface area is 327 Å². The molecule has 0 amide bonds. The standard InChI is InChI=1S/C51H34N4O2/c1-3-12-31(13-4-1)49-52-50(32-14-5-2-6-15-32)54-51(53-49)34-23-27-46-42(29-34)40-19-11-18-36(48(40)57-46)33-22-26-45-41(28-33)39-25-24-35(30-47(39)56-45)55-43-20-9-7-16-37(43)38-17-8-10-21-44(38)55/h1-9,11-20,22-30,49H,10,21H2,(H,52,53,54). The lowest BCUT2D eigenvalue weighted by atomic mass is 10.00. The van der Waals surface area contributed by atoms with E-state index in [1.54, 1.807) is 0 Å². The Morgan fingerprint density at radius 1 is 0.579 bits per heavy atom. The number of aromatic nitrogens is 1. The number of amidine groups is 2. The summed E-state index contributed by atoms with van der Waals surface area (Å²) >= 11 is 0. The monoisotopic (exact) mass is 734 g/mol. The topological polar surface area (TPSA) is 68.0 Å². The Hall–Kier alpha value is -7.44. The minimum atomic E-state index is -0.269. The first kappa shape index (κ1) is 31.9. The molecule has 0 spiro atoms. The number of para-hydroxylation sites is 2. The molecule has 0 radical (unpaired) electrons. The summed E-state index contributed by atoms with van der Waals surface area (Å²) in [7, 11) is 0. The molecule has 0 bridgehead atoms. The first-order chi connectivity index (χ1) is 28.2. The molecular formula is C51H34N4O2. The molecule has 0 saturated heterocycles. The molecule has 12 rings (SSSR count). The lowest BCUT2D eigenvalue weighted by Crippen LogP contribution is -2.33. The smallest absolute Gasteiger partial charge is 0.159 e. The maximum atomic E-state index is 6.66. The molecule has 1 aliphatic carbocycles. The third-order valence-electron chi connectivity index (χ3n) is 11.5. The van der Waals surface area contributed by atoms with Crippen molar-refractivity contribution in [2.24, 2.45) is 9.98 Å². The number of allylic oxidation sites excluding steroid dienone is 1. The van der Waals surface area contributed by atoms with Gasteiger partial charge in [0.15, 0.2) is 5.84 Å². The minimum Gasteiger partial charge on any atom is -0.456 e. The van der Waals surface area contributed by atoms with E-state index in [9.17, 15) is 0 Å². The van der Waals surface area contributed by atoms with Gasteiger partial charge in [-0.15, -0.1) is 0 Å². The van der Waals surface area contributed by atoms with E-state index in [1.165, 1.54) is 22.2 Å². The van der Waals surface area contributed by atoms with Crippen molar-refractivity contribution < 1.29 is 8.83 Å². The van der Waals surface area contributed by atoms with Crippen molar-refractivity contribution in [1.82, 2.24) is 9.88 Å². The van der Waals surface area contributed by atoms with E-state index in [2.05, 4.69) is 137 Å². The number of benzene rings is 7. The zero-order valence-corrected chi connectivity index (χ0v) is 30.8. The van der Waals surface area contributed by atoms with Crippen LogP contribution in [0, 0.1) is 0 Å². The molecule has 6 heteroatoms. The average Bonchev–Trinajstić information content (AvgIpc) is 3.95. The third-order valence-corrected chi connectivity index (χ3v) is 11.5. The quantitative estimate of drug-likeness (QED) is 0.191. The fourth-order valence-electron chi connectivity index (χ4n) is 8.83. The van der Waals surface area contributed by atoms with Gasteiger partial charge in [-0.3, -0.25) is 0 Å². The zero-order valence-electron chi connectivity index (χ0n) is 30.8. The zero-order chi connectivity index (χ0) is 37.5. The highest BCUT2D eigenvalue weighted by atomic mass is 16.3. The molecule has 0 fully saturated rings. The van der Waals surface area contributed by atoms with Crippen LogP contribution in [0.5, 0.6) is 0 Å². The van der Waals surface area contributed by atoms with Gasteiger partial charge in [0.1, 0.15) is 34.3 Å². The molecule has 3 aromatic heterocycles. The van der Waals surface area contributed by atoms with Gasteiger partial charge in [0.2, 0.25) is 0 Å². The van der Waals surface area contributed by atoms with Crippen molar-refractivity contribution in [3.63, 3.8) is 0 Å². The predicted molar refractivity (Wildman–Crippen MR) is 232 cm³/mol. The number of hydrogen-bond acceptors (Lipinski definition) is 5. The summed E-state index contributed by atoms with van der Waals surface area (Å²) in [5.41, 5.74) is 13.6. The van der Waals surface area contributed by atoms with Crippen molar-refractivity contribution in [3.8, 4) is 16.8 Å². The Morgan fingerprint density at radius 3 is 2.23 bits per heavy atom. The highest BCUT2D eigenvalue weighted by Crippen LogP contribution is 2.40. The molecule has 6 nitrogen and oxygen atoms in total. The predicted octanol–water partition coefficient (Wildman–Crippen LogP) is 12.6. The minimum absolute atomic E-state index is 0.269. The number of nitrogens with one attached hydrogen (secondary N) is 1. The van der Waals surface area contributed by atoms with Gasteiger partial charge in [-0.05, 0) is 72.5 Å². The number of rotatable bonds is 5. The molecule has 1 aliphatic heterocycles. The van der Waals surface area contributed by atoms with Gasteiger partial charge in [0.25, 0.3) is 0 Å². The van der Waals surface area contributed by atoms with E-state index in [0.717, 1.165) is 96.1 Å². The molecule has 2 aliphatic rings. The number of hydrogen-bond donors (Lipinski definition) is 1. The summed E-state index contributed by atoms with van der Waals surface area (Å²) in [6.07, 6.45) is 6.35. The van der Waals surface area contributed by atoms with Crippen molar-refractivity contribution in [2.75, 3.05) is 0 Å². The molecule has 1 N–H and O–H groups in total. The number of nitrogens with zero attached hydrogens (tertiary/aromatic N) is 3. The van der Waals surface area contributed by atoms with Gasteiger partial charge >= 0.3 is 0 Å². The van der Waals surface area contributed by atoms with Crippen LogP contribution in [0.4, 0.5) is 0 Å². The second-order valence-electron chi connectivity index (χ2n) is 14.9. The van der Waals surface area contributed by atoms with Crippen LogP contribution in [0.2, 0.25) is 0 Å². The van der Waals surface area contributed by atoms with Crippen molar-refractivity contribution in [3.05, 3.63) is 192 Å². The van der Waals surface area contributed by atoms with Crippen LogP contribution in [0.1, 0.15) is 40.5 Å². The second kappa shape index (κ2) is 12.5. The Morgan fingerprint density at radius 2 is 1.33 bits per heavy atom. The fourth-order valence-corrected chi connectivity index (χ4v) is 8.83. The first-order valence-electron chi connectivity index (χ1n) is 19.5. The van der Waals surface area contributed by atoms with Gasteiger partial charge in [0.05, 0.1) is 5.52 Å². The van der Waals surface area contributed by atoms with Crippen molar-refractivity contribution in [1.29, 1.82) is 0 Å². The Kier molecular flexibility index (Phi) is 7.01. The second-order valence-corrected chi connectivity index (χ2v) is 14.9. The molecule has 1 atom stereocenters. The maximum Gasteiger partial charge on any atom is 0.159 e. The van der Waals surface area contributed by atoms with Gasteiger partial charge in [-0.1, -0.05) is 115 Å². The van der Waals surface area contributed by atoms with Crippen LogP contribution in [-0.2, 0) is 6.42 Å². The molecule has 270 valence electrons. The average molecular weight is 735 g/mol. The summed E-state index contributed by atoms with van der Waals surface area (Å²) in [5.74, 6) is 1.47. The number of fused-ring (bicyclic) bond motifs is 9. The maximum absolute atomic E-state index is 6.66. The lowest BCUT2D eigenvalue weighted by Gasteiger charge is -2.23. The molecule has 7 aromatic carbocycles. The highest BCUT2D eigenvalue weighted by Gasteiger charge is 2.23. The largest absolute Gasteiger partial charge is 0.456 e. The SMILES string of the molecule is C1=Cc2c(n(-c3ccc4c(c3)oc3ccc(-c5cccc6c5oc5ccc(C7=NC(c8ccccc8)NC(c8ccccc8)=N7)cc56)cc34)c3ccccc23)CC1. The normalized spacial score (nSPS) is 15.3. The van der Waals surface area contributed by atoms with Crippen LogP contribution in [0.3, 0.4) is 0 Å². The fraction of sp³-hybridized carbons (Fsp3) is 0.0588. The van der Waals surface area contributed by atoms with E-state index >= 15 is 0 Å². The Balaban J connectivity index is 0.944. The van der Waals surface area contributed by atoms with E-state index in [1.807, 2.05) is 42.5 Å². The summed E-state index contributed by atoms with van der Waals surface area (Å²) in [6.45, 7) is 0. The molecular weight excluding hydrogens is 701 g/mol. The van der Waals surface area contributed by atoms with Crippen LogP contribution < -0.4 is 5.32 Å². The highest BCUT2D eigenvalue weighted by molar-refractivity contribution is 6.17. The van der Waals surface area contributed by atoms with E-state index in [4.69, 9.17) is 18.8 Å². The van der Waals surface area contributed by atoms with Gasteiger partial charge in [-0.2, -0.15) is 0 Å². The van der Waals surface area contributed by atoms with Gasteiger partial charge < -0.3 is 18.7 Å². The van der Waals surface area contributed by atoms with Gasteiger partial charge in [0, 0.05) is 66.6 Å². The van der Waals surface area contributed by atoms with Crippen LogP contribution >= 0.6 is 0 Å². The van der Waals surface area contributed by atoms with E-state index in [0.29, 0.717) is 5.84 Å². The number of furan rings is 2.